The largest absolute Gasteiger partial charge is 0.480 e. The summed E-state index contributed by atoms with van der Waals surface area (Å²) in [6, 6.07) is 11.1. The van der Waals surface area contributed by atoms with Crippen LogP contribution < -0.4 is 27.0 Å². The minimum atomic E-state index is -0.957. The smallest absolute Gasteiger partial charge is 0.320 e. The lowest BCUT2D eigenvalue weighted by Gasteiger charge is -2.29. The summed E-state index contributed by atoms with van der Waals surface area (Å²) in [6.07, 6.45) is 2.81. The van der Waals surface area contributed by atoms with Gasteiger partial charge in [0.05, 0.1) is 33.4 Å². The molecule has 0 aliphatic rings. The Hall–Kier alpha value is -4.55. The summed E-state index contributed by atoms with van der Waals surface area (Å²) < 4.78 is 38.8. The zero-order chi connectivity index (χ0) is 45.8. The van der Waals surface area contributed by atoms with E-state index in [4.69, 9.17) is 22.4 Å². The third-order valence-corrected chi connectivity index (χ3v) is 8.39. The average molecular weight is 860 g/mol. The van der Waals surface area contributed by atoms with Gasteiger partial charge >= 0.3 is 23.9 Å². The van der Waals surface area contributed by atoms with Gasteiger partial charge in [0.15, 0.2) is 0 Å². The molecule has 0 fully saturated rings. The summed E-state index contributed by atoms with van der Waals surface area (Å²) in [5.74, 6) is -2.69. The van der Waals surface area contributed by atoms with Crippen molar-refractivity contribution in [2.75, 3.05) is 42.5 Å². The monoisotopic (exact) mass is 859 g/mol. The molecule has 0 spiro atoms. The second-order valence-electron chi connectivity index (χ2n) is 14.5. The van der Waals surface area contributed by atoms with Gasteiger partial charge in [-0.3, -0.25) is 28.8 Å². The highest BCUT2D eigenvalue weighted by Crippen LogP contribution is 2.15. The summed E-state index contributed by atoms with van der Waals surface area (Å²) in [7, 11) is 8.73. The first-order valence-corrected chi connectivity index (χ1v) is 19.1. The molecule has 0 aromatic heterocycles. The van der Waals surface area contributed by atoms with Crippen LogP contribution in [0.5, 0.6) is 0 Å². The number of rotatable bonds is 20. The van der Waals surface area contributed by atoms with E-state index in [1.165, 1.54) is 52.6 Å². The van der Waals surface area contributed by atoms with E-state index in [0.717, 1.165) is 17.5 Å². The number of carboxylic acid groups (broad SMARTS) is 1. The highest BCUT2D eigenvalue weighted by molar-refractivity contribution is 6.64. The Bertz CT molecular complexity index is 1520. The molecule has 0 saturated carbocycles. The summed E-state index contributed by atoms with van der Waals surface area (Å²) in [5, 5.41) is 19.2. The van der Waals surface area contributed by atoms with E-state index in [0.29, 0.717) is 19.3 Å². The Balaban J connectivity index is 0. The molecular formula is C41H64ClF2N5O10. The Kier molecular flexibility index (Phi) is 29.2. The van der Waals surface area contributed by atoms with Gasteiger partial charge in [0.1, 0.15) is 17.7 Å². The van der Waals surface area contributed by atoms with Gasteiger partial charge in [-0.25, -0.2) is 8.78 Å². The Morgan fingerprint density at radius 3 is 1.29 bits per heavy atom. The molecule has 59 heavy (non-hydrogen) atoms. The molecule has 0 saturated heterocycles. The molecule has 0 aliphatic heterocycles. The number of nitrogens with one attached hydrogen (secondary N) is 4. The number of methoxy groups -OCH3 is 3. The molecule has 2 aromatic carbocycles. The van der Waals surface area contributed by atoms with Crippen LogP contribution in [0.15, 0.2) is 48.5 Å². The molecule has 0 aliphatic carbocycles. The standard InChI is InChI=1S/C17H25FN2O3.C10H14FN.C7H12ClNO3.C7H13NO4/c1-17(2,11-12-5-7-13(18)8-6-12)20-16(22)14(19-3)9-10-15(21)23-4;1-10(2,12)7-8-3-5-9(11)6-4-8;1-9-5(7(8)11)3-4-6(10)12-2;1-8-5(7(10)11)3-4-6(9)12-2/h5-8,14,19H,9-11H2,1-4H3,(H,20,22);3-6H,7,12H2,1-2H3;5,9H,3-4H2,1-2H3;5,8H,3-4H2,1-2H3,(H,10,11)/t14-;;2*5-/m0.00/s1. The van der Waals surface area contributed by atoms with Crippen LogP contribution in [0.2, 0.25) is 0 Å². The zero-order valence-corrected chi connectivity index (χ0v) is 36.6. The van der Waals surface area contributed by atoms with E-state index < -0.39 is 40.8 Å². The fourth-order valence-electron chi connectivity index (χ4n) is 4.97. The molecule has 18 heteroatoms. The van der Waals surface area contributed by atoms with Gasteiger partial charge < -0.3 is 46.3 Å². The zero-order valence-electron chi connectivity index (χ0n) is 35.8. The maximum atomic E-state index is 12.9. The predicted octanol–water partition coefficient (Wildman–Crippen LogP) is 3.81. The van der Waals surface area contributed by atoms with Crippen molar-refractivity contribution in [2.45, 2.75) is 108 Å². The van der Waals surface area contributed by atoms with E-state index >= 15 is 0 Å². The van der Waals surface area contributed by atoms with Crippen LogP contribution in [0, 0.1) is 11.6 Å². The van der Waals surface area contributed by atoms with Gasteiger partial charge in [-0.05, 0) is 128 Å². The fraction of sp³-hybridized carbons (Fsp3) is 0.561. The number of likely N-dealkylation sites (N-methyl/N-ethyl adjacent to an activating group) is 3. The van der Waals surface area contributed by atoms with Gasteiger partial charge in [-0.15, -0.1) is 0 Å². The molecule has 2 rings (SSSR count). The van der Waals surface area contributed by atoms with Crippen LogP contribution in [0.3, 0.4) is 0 Å². The van der Waals surface area contributed by atoms with E-state index in [1.807, 2.05) is 27.7 Å². The lowest BCUT2D eigenvalue weighted by Crippen LogP contribution is -2.52. The lowest BCUT2D eigenvalue weighted by atomic mass is 9.94. The highest BCUT2D eigenvalue weighted by Gasteiger charge is 2.26. The van der Waals surface area contributed by atoms with E-state index in [1.54, 1.807) is 38.4 Å². The quantitative estimate of drug-likeness (QED) is 0.0633. The van der Waals surface area contributed by atoms with Gasteiger partial charge in [0, 0.05) is 30.3 Å². The number of carbonyl (C=O) groups excluding carboxylic acids is 5. The molecule has 0 heterocycles. The van der Waals surface area contributed by atoms with Crippen LogP contribution in [-0.4, -0.2) is 112 Å². The van der Waals surface area contributed by atoms with Crippen LogP contribution in [0.4, 0.5) is 8.78 Å². The molecule has 7 N–H and O–H groups in total. The molecule has 0 unspecified atom stereocenters. The minimum absolute atomic E-state index is 0.119. The van der Waals surface area contributed by atoms with Crippen molar-refractivity contribution in [3.63, 3.8) is 0 Å². The topological polar surface area (TPSA) is 224 Å². The van der Waals surface area contributed by atoms with Gasteiger partial charge in [0.2, 0.25) is 11.1 Å². The van der Waals surface area contributed by atoms with Gasteiger partial charge in [0.25, 0.3) is 0 Å². The van der Waals surface area contributed by atoms with Crippen LogP contribution in [-0.2, 0) is 55.8 Å². The molecular weight excluding hydrogens is 796 g/mol. The fourth-order valence-corrected chi connectivity index (χ4v) is 5.19. The lowest BCUT2D eigenvalue weighted by molar-refractivity contribution is -0.143. The first kappa shape index (κ1) is 56.5. The first-order chi connectivity index (χ1) is 27.5. The van der Waals surface area contributed by atoms with Crippen LogP contribution in [0.1, 0.15) is 77.3 Å². The SMILES string of the molecule is CC(C)(N)Cc1ccc(F)cc1.CN[C@@H](CCC(=O)OC)C(=O)Cl.CN[C@@H](CCC(=O)OC)C(=O)NC(C)(C)Cc1ccc(F)cc1.CN[C@@H](CCC(=O)OC)C(=O)O. The Labute approximate surface area is 351 Å². The third-order valence-electron chi connectivity index (χ3n) is 8.12. The minimum Gasteiger partial charge on any atom is -0.480 e. The number of nitrogens with two attached hydrogens (primary N) is 1. The van der Waals surface area contributed by atoms with Crippen molar-refractivity contribution in [1.82, 2.24) is 21.3 Å². The van der Waals surface area contributed by atoms with E-state index in [9.17, 15) is 37.5 Å². The molecule has 15 nitrogen and oxygen atoms in total. The number of hydrogen-bond donors (Lipinski definition) is 6. The van der Waals surface area contributed by atoms with Crippen molar-refractivity contribution in [1.29, 1.82) is 0 Å². The van der Waals surface area contributed by atoms with Crippen molar-refractivity contribution < 1.29 is 56.9 Å². The Morgan fingerprint density at radius 1 is 0.644 bits per heavy atom. The summed E-state index contributed by atoms with van der Waals surface area (Å²) in [5.41, 5.74) is 7.11. The molecule has 3 atom stereocenters. The maximum absolute atomic E-state index is 12.9. The van der Waals surface area contributed by atoms with E-state index in [-0.39, 0.29) is 60.7 Å². The van der Waals surface area contributed by atoms with Gasteiger partial charge in [-0.1, -0.05) is 24.3 Å². The molecule has 0 radical (unpaired) electrons. The molecule has 1 amide bonds. The van der Waals surface area contributed by atoms with Crippen molar-refractivity contribution >= 4 is 46.6 Å². The van der Waals surface area contributed by atoms with Crippen LogP contribution >= 0.6 is 11.6 Å². The second kappa shape index (κ2) is 30.5. The number of carboxylic acids is 1. The number of esters is 3. The maximum Gasteiger partial charge on any atom is 0.320 e. The average Bonchev–Trinajstić information content (AvgIpc) is 3.16. The third kappa shape index (κ3) is 29.3. The number of carbonyl (C=O) groups is 6. The number of aliphatic carboxylic acids is 1. The number of hydrogen-bond acceptors (Lipinski definition) is 13. The number of halogens is 3. The summed E-state index contributed by atoms with van der Waals surface area (Å²) in [6.45, 7) is 7.72. The van der Waals surface area contributed by atoms with Crippen molar-refractivity contribution in [3.05, 3.63) is 71.3 Å². The summed E-state index contributed by atoms with van der Waals surface area (Å²) in [4.78, 5) is 65.9. The van der Waals surface area contributed by atoms with Gasteiger partial charge in [-0.2, -0.15) is 0 Å². The van der Waals surface area contributed by atoms with Crippen molar-refractivity contribution in [2.24, 2.45) is 5.73 Å². The predicted molar refractivity (Wildman–Crippen MR) is 221 cm³/mol. The summed E-state index contributed by atoms with van der Waals surface area (Å²) >= 11 is 5.22. The number of amides is 1. The highest BCUT2D eigenvalue weighted by atomic mass is 35.5. The van der Waals surface area contributed by atoms with E-state index in [2.05, 4.69) is 35.5 Å². The van der Waals surface area contributed by atoms with Crippen molar-refractivity contribution in [3.8, 4) is 0 Å². The normalized spacial score (nSPS) is 12.2. The van der Waals surface area contributed by atoms with Crippen LogP contribution in [0.25, 0.3) is 0 Å². The molecule has 0 bridgehead atoms. The second-order valence-corrected chi connectivity index (χ2v) is 14.9. The molecule has 334 valence electrons. The number of benzene rings is 2. The Morgan fingerprint density at radius 2 is 0.983 bits per heavy atom. The first-order valence-electron chi connectivity index (χ1n) is 18.7. The number of ether oxygens (including phenoxy) is 3. The molecule has 2 aromatic rings.